The Morgan fingerprint density at radius 3 is 2.43 bits per heavy atom. The molecule has 0 spiro atoms. The molecule has 0 aromatic carbocycles. The van der Waals surface area contributed by atoms with Crippen LogP contribution in [-0.2, 0) is 14.3 Å². The fourth-order valence-electron chi connectivity index (χ4n) is 2.14. The van der Waals surface area contributed by atoms with E-state index in [0.717, 1.165) is 6.92 Å². The Hall–Kier alpha value is -1.30. The minimum absolute atomic E-state index is 0.598. The van der Waals surface area contributed by atoms with Crippen LogP contribution in [0, 0.1) is 0 Å². The van der Waals surface area contributed by atoms with Crippen molar-refractivity contribution < 1.29 is 45.0 Å². The van der Waals surface area contributed by atoms with Gasteiger partial charge < -0.3 is 40.7 Å². The molecule has 0 bridgehead atoms. The maximum atomic E-state index is 11.1. The normalized spacial score (nSPS) is 35.8. The van der Waals surface area contributed by atoms with Crippen LogP contribution < -0.4 is 5.32 Å². The second-order valence-corrected chi connectivity index (χ2v) is 4.91. The van der Waals surface area contributed by atoms with Crippen molar-refractivity contribution in [3.63, 3.8) is 0 Å². The lowest BCUT2D eigenvalue weighted by Crippen LogP contribution is -2.67. The number of carboxylic acids is 1. The van der Waals surface area contributed by atoms with Crippen LogP contribution in [-0.4, -0.2) is 85.4 Å². The number of carboxylic acid groups (broad SMARTS) is 1. The van der Waals surface area contributed by atoms with Crippen molar-refractivity contribution in [3.8, 4) is 0 Å². The molecule has 1 amide bonds. The predicted molar refractivity (Wildman–Crippen MR) is 64.8 cm³/mol. The van der Waals surface area contributed by atoms with Crippen molar-refractivity contribution >= 4 is 11.9 Å². The highest BCUT2D eigenvalue weighted by atomic mass is 16.7. The van der Waals surface area contributed by atoms with Gasteiger partial charge in [-0.3, -0.25) is 4.79 Å². The second-order valence-electron chi connectivity index (χ2n) is 4.91. The number of aliphatic hydroxyl groups excluding tert-OH is 4. The van der Waals surface area contributed by atoms with Crippen LogP contribution in [0.5, 0.6) is 0 Å². The molecule has 0 aromatic rings. The Morgan fingerprint density at radius 1 is 1.43 bits per heavy atom. The van der Waals surface area contributed by atoms with E-state index in [0.29, 0.717) is 0 Å². The number of aliphatic carboxylic acids is 1. The Bertz CT molecular complexity index is 403. The number of nitrogens with one attached hydrogen (secondary N) is 1. The van der Waals surface area contributed by atoms with E-state index in [1.54, 1.807) is 0 Å². The smallest absolute Gasteiger partial charge is 0.364 e. The first-order valence-corrected chi connectivity index (χ1v) is 6.18. The van der Waals surface area contributed by atoms with Gasteiger partial charge in [0.25, 0.3) is 5.79 Å². The largest absolute Gasteiger partial charge is 0.477 e. The average molecular weight is 309 g/mol. The standard InChI is InChI=1S/C11H19NO9/c1-4(14)12-7-5(15)2-11(20,10(18)19)21-9(7)8(17)6(16)3-13/h5-9,13,15-17,20H,2-3H2,1H3,(H,12,14)(H,18,19)/t5?,6-,7+,8-,9?,11-/m0/s1. The SMILES string of the molecule is CC(=O)N[C@@H]1C(O)C[C@@](O)(C(=O)O)OC1[C@@H](O)[C@@H](O)CO. The van der Waals surface area contributed by atoms with Gasteiger partial charge in [0.2, 0.25) is 5.91 Å². The fourth-order valence-corrected chi connectivity index (χ4v) is 2.14. The maximum Gasteiger partial charge on any atom is 0.364 e. The maximum absolute atomic E-state index is 11.1. The van der Waals surface area contributed by atoms with Gasteiger partial charge in [0.1, 0.15) is 18.3 Å². The van der Waals surface area contributed by atoms with E-state index >= 15 is 0 Å². The van der Waals surface area contributed by atoms with E-state index in [1.807, 2.05) is 0 Å². The van der Waals surface area contributed by atoms with Crippen LogP contribution in [0.15, 0.2) is 0 Å². The van der Waals surface area contributed by atoms with Gasteiger partial charge in [-0.1, -0.05) is 0 Å². The molecule has 0 saturated carbocycles. The highest BCUT2D eigenvalue weighted by molar-refractivity contribution is 5.76. The highest BCUT2D eigenvalue weighted by Crippen LogP contribution is 2.30. The molecule has 10 nitrogen and oxygen atoms in total. The van der Waals surface area contributed by atoms with Gasteiger partial charge >= 0.3 is 5.97 Å². The summed E-state index contributed by atoms with van der Waals surface area (Å²) < 4.78 is 4.86. The molecule has 122 valence electrons. The Morgan fingerprint density at radius 2 is 2.00 bits per heavy atom. The Labute approximate surface area is 119 Å². The van der Waals surface area contributed by atoms with Crippen LogP contribution in [0.25, 0.3) is 0 Å². The minimum atomic E-state index is -2.78. The third kappa shape index (κ3) is 3.87. The molecule has 0 radical (unpaired) electrons. The van der Waals surface area contributed by atoms with E-state index in [4.69, 9.17) is 14.9 Å². The third-order valence-electron chi connectivity index (χ3n) is 3.21. The van der Waals surface area contributed by atoms with Crippen LogP contribution >= 0.6 is 0 Å². The predicted octanol–water partition coefficient (Wildman–Crippen LogP) is -3.87. The summed E-state index contributed by atoms with van der Waals surface area (Å²) in [5.41, 5.74) is 0. The lowest BCUT2D eigenvalue weighted by Gasteiger charge is -2.44. The summed E-state index contributed by atoms with van der Waals surface area (Å²) in [6.45, 7) is 0.256. The molecule has 21 heavy (non-hydrogen) atoms. The van der Waals surface area contributed by atoms with Crippen molar-refractivity contribution in [3.05, 3.63) is 0 Å². The molecule has 1 aliphatic heterocycles. The van der Waals surface area contributed by atoms with Crippen molar-refractivity contribution in [2.75, 3.05) is 6.61 Å². The third-order valence-corrected chi connectivity index (χ3v) is 3.21. The lowest BCUT2D eigenvalue weighted by atomic mass is 9.88. The second kappa shape index (κ2) is 6.64. The van der Waals surface area contributed by atoms with Crippen molar-refractivity contribution in [2.45, 2.75) is 49.6 Å². The van der Waals surface area contributed by atoms with Gasteiger partial charge in [-0.25, -0.2) is 4.79 Å². The molecule has 0 aliphatic carbocycles. The first-order chi connectivity index (χ1) is 9.62. The minimum Gasteiger partial charge on any atom is -0.477 e. The number of rotatable bonds is 5. The van der Waals surface area contributed by atoms with Crippen LogP contribution in [0.1, 0.15) is 13.3 Å². The number of carbonyl (C=O) groups excluding carboxylic acids is 1. The van der Waals surface area contributed by atoms with Gasteiger partial charge in [0.05, 0.1) is 18.8 Å². The summed E-state index contributed by atoms with van der Waals surface area (Å²) in [7, 11) is 0. The van der Waals surface area contributed by atoms with Gasteiger partial charge in [-0.05, 0) is 0 Å². The van der Waals surface area contributed by atoms with Crippen molar-refractivity contribution in [1.29, 1.82) is 0 Å². The molecule has 1 saturated heterocycles. The first kappa shape index (κ1) is 17.8. The zero-order valence-corrected chi connectivity index (χ0v) is 11.2. The summed E-state index contributed by atoms with van der Waals surface area (Å²) in [6.07, 6.45) is -7.48. The fraction of sp³-hybridized carbons (Fsp3) is 0.818. The molecular formula is C11H19NO9. The summed E-state index contributed by atoms with van der Waals surface area (Å²) in [6, 6.07) is -1.27. The Kier molecular flexibility index (Phi) is 5.61. The average Bonchev–Trinajstić information content (AvgIpc) is 2.39. The number of carbonyl (C=O) groups is 2. The van der Waals surface area contributed by atoms with E-state index in [2.05, 4.69) is 5.32 Å². The van der Waals surface area contributed by atoms with Crippen LogP contribution in [0.3, 0.4) is 0 Å². The zero-order chi connectivity index (χ0) is 16.4. The molecule has 10 heteroatoms. The summed E-state index contributed by atoms with van der Waals surface area (Å²) >= 11 is 0. The number of hydrogen-bond acceptors (Lipinski definition) is 8. The number of hydrogen-bond donors (Lipinski definition) is 7. The number of aliphatic hydroxyl groups is 5. The highest BCUT2D eigenvalue weighted by Gasteiger charge is 2.53. The molecule has 2 unspecified atom stereocenters. The summed E-state index contributed by atoms with van der Waals surface area (Å²) in [4.78, 5) is 22.1. The first-order valence-electron chi connectivity index (χ1n) is 6.18. The van der Waals surface area contributed by atoms with Gasteiger partial charge in [-0.2, -0.15) is 0 Å². The number of amides is 1. The summed E-state index contributed by atoms with van der Waals surface area (Å²) in [5.74, 6) is -5.17. The van der Waals surface area contributed by atoms with Crippen molar-refractivity contribution in [1.82, 2.24) is 5.32 Å². The van der Waals surface area contributed by atoms with E-state index in [1.165, 1.54) is 0 Å². The van der Waals surface area contributed by atoms with Crippen LogP contribution in [0.2, 0.25) is 0 Å². The van der Waals surface area contributed by atoms with E-state index in [9.17, 15) is 30.0 Å². The lowest BCUT2D eigenvalue weighted by molar-refractivity contribution is -0.295. The summed E-state index contributed by atoms with van der Waals surface area (Å²) in [5, 5.41) is 59.0. The van der Waals surface area contributed by atoms with Gasteiger partial charge in [-0.15, -0.1) is 0 Å². The Balaban J connectivity index is 3.07. The van der Waals surface area contributed by atoms with Gasteiger partial charge in [0, 0.05) is 13.3 Å². The number of ether oxygens (including phenoxy) is 1. The molecule has 1 heterocycles. The van der Waals surface area contributed by atoms with Crippen molar-refractivity contribution in [2.24, 2.45) is 0 Å². The molecule has 6 atom stereocenters. The molecule has 7 N–H and O–H groups in total. The zero-order valence-electron chi connectivity index (χ0n) is 11.2. The topological polar surface area (TPSA) is 177 Å². The van der Waals surface area contributed by atoms with Gasteiger partial charge in [0.15, 0.2) is 0 Å². The molecule has 1 fully saturated rings. The molecule has 0 aromatic heterocycles. The monoisotopic (exact) mass is 309 g/mol. The molecular weight excluding hydrogens is 290 g/mol. The molecule has 1 rings (SSSR count). The van der Waals surface area contributed by atoms with E-state index < -0.39 is 61.1 Å². The molecule has 1 aliphatic rings. The van der Waals surface area contributed by atoms with E-state index in [-0.39, 0.29) is 0 Å². The van der Waals surface area contributed by atoms with Crippen LogP contribution in [0.4, 0.5) is 0 Å². The quantitative estimate of drug-likeness (QED) is 0.268.